The Hall–Kier alpha value is -2.15. The number of rotatable bonds is 5. The molecule has 0 aromatic heterocycles. The summed E-state index contributed by atoms with van der Waals surface area (Å²) in [5.74, 6) is -0.366. The SMILES string of the molecule is CN(C)S(=O)(=O)c1cccc(NC(=O)/C=C/c2cccc(Cl)c2)c1. The summed E-state index contributed by atoms with van der Waals surface area (Å²) < 4.78 is 25.3. The van der Waals surface area contributed by atoms with E-state index in [0.717, 1.165) is 9.87 Å². The van der Waals surface area contributed by atoms with E-state index in [4.69, 9.17) is 11.6 Å². The van der Waals surface area contributed by atoms with Gasteiger partial charge < -0.3 is 5.32 Å². The van der Waals surface area contributed by atoms with Crippen LogP contribution >= 0.6 is 11.6 Å². The summed E-state index contributed by atoms with van der Waals surface area (Å²) in [7, 11) is -0.640. The van der Waals surface area contributed by atoms with Crippen molar-refractivity contribution in [2.45, 2.75) is 4.90 Å². The highest BCUT2D eigenvalue weighted by Crippen LogP contribution is 2.18. The van der Waals surface area contributed by atoms with E-state index in [1.165, 1.54) is 32.3 Å². The van der Waals surface area contributed by atoms with Crippen LogP contribution in [0.4, 0.5) is 5.69 Å². The maximum Gasteiger partial charge on any atom is 0.248 e. The minimum Gasteiger partial charge on any atom is -0.322 e. The van der Waals surface area contributed by atoms with Crippen molar-refractivity contribution in [1.82, 2.24) is 4.31 Å². The Morgan fingerprint density at radius 2 is 1.83 bits per heavy atom. The monoisotopic (exact) mass is 364 g/mol. The highest BCUT2D eigenvalue weighted by Gasteiger charge is 2.17. The average molecular weight is 365 g/mol. The Kier molecular flexibility index (Phi) is 5.77. The van der Waals surface area contributed by atoms with Gasteiger partial charge in [-0.15, -0.1) is 0 Å². The summed E-state index contributed by atoms with van der Waals surface area (Å²) in [5, 5.41) is 3.22. The van der Waals surface area contributed by atoms with Crippen LogP contribution in [-0.4, -0.2) is 32.7 Å². The predicted molar refractivity (Wildman–Crippen MR) is 96.4 cm³/mol. The molecule has 2 rings (SSSR count). The zero-order valence-corrected chi connectivity index (χ0v) is 14.8. The molecule has 5 nitrogen and oxygen atoms in total. The number of hydrogen-bond donors (Lipinski definition) is 1. The summed E-state index contributed by atoms with van der Waals surface area (Å²) in [6.07, 6.45) is 2.99. The van der Waals surface area contributed by atoms with Crippen LogP contribution in [-0.2, 0) is 14.8 Å². The third kappa shape index (κ3) is 4.67. The lowest BCUT2D eigenvalue weighted by Crippen LogP contribution is -2.22. The normalized spacial score (nSPS) is 11.8. The number of anilines is 1. The molecule has 2 aromatic carbocycles. The lowest BCUT2D eigenvalue weighted by Gasteiger charge is -2.12. The number of carbonyl (C=O) groups excluding carboxylic acids is 1. The number of nitrogens with zero attached hydrogens (tertiary/aromatic N) is 1. The van der Waals surface area contributed by atoms with Gasteiger partial charge in [-0.1, -0.05) is 29.8 Å². The fraction of sp³-hybridized carbons (Fsp3) is 0.118. The molecule has 0 aliphatic rings. The highest BCUT2D eigenvalue weighted by atomic mass is 35.5. The van der Waals surface area contributed by atoms with Gasteiger partial charge in [0, 0.05) is 30.9 Å². The van der Waals surface area contributed by atoms with Crippen molar-refractivity contribution in [2.75, 3.05) is 19.4 Å². The Morgan fingerprint density at radius 1 is 1.12 bits per heavy atom. The van der Waals surface area contributed by atoms with E-state index in [0.29, 0.717) is 10.7 Å². The van der Waals surface area contributed by atoms with Gasteiger partial charge in [0.2, 0.25) is 15.9 Å². The van der Waals surface area contributed by atoms with Crippen LogP contribution in [0.2, 0.25) is 5.02 Å². The van der Waals surface area contributed by atoms with E-state index in [9.17, 15) is 13.2 Å². The van der Waals surface area contributed by atoms with Gasteiger partial charge in [0.25, 0.3) is 0 Å². The molecule has 126 valence electrons. The number of amides is 1. The molecule has 24 heavy (non-hydrogen) atoms. The third-order valence-electron chi connectivity index (χ3n) is 3.16. The average Bonchev–Trinajstić information content (AvgIpc) is 2.53. The second-order valence-electron chi connectivity index (χ2n) is 5.19. The van der Waals surface area contributed by atoms with Crippen molar-refractivity contribution in [2.24, 2.45) is 0 Å². The molecule has 0 aliphatic heterocycles. The smallest absolute Gasteiger partial charge is 0.248 e. The van der Waals surface area contributed by atoms with Gasteiger partial charge >= 0.3 is 0 Å². The Morgan fingerprint density at radius 3 is 2.50 bits per heavy atom. The molecular formula is C17H17ClN2O3S. The zero-order valence-electron chi connectivity index (χ0n) is 13.2. The summed E-state index contributed by atoms with van der Waals surface area (Å²) in [4.78, 5) is 12.1. The van der Waals surface area contributed by atoms with E-state index in [1.54, 1.807) is 36.4 Å². The molecule has 0 radical (unpaired) electrons. The lowest BCUT2D eigenvalue weighted by molar-refractivity contribution is -0.111. The fourth-order valence-electron chi connectivity index (χ4n) is 1.91. The Balaban J connectivity index is 2.12. The van der Waals surface area contributed by atoms with E-state index in [-0.39, 0.29) is 10.8 Å². The van der Waals surface area contributed by atoms with Crippen LogP contribution in [0.5, 0.6) is 0 Å². The van der Waals surface area contributed by atoms with Crippen LogP contribution < -0.4 is 5.32 Å². The predicted octanol–water partition coefficient (Wildman–Crippen LogP) is 3.24. The molecule has 0 saturated heterocycles. The van der Waals surface area contributed by atoms with E-state index < -0.39 is 10.0 Å². The molecule has 1 amide bonds. The van der Waals surface area contributed by atoms with Crippen LogP contribution in [0.1, 0.15) is 5.56 Å². The summed E-state index contributed by atoms with van der Waals surface area (Å²) in [6.45, 7) is 0. The molecule has 0 heterocycles. The van der Waals surface area contributed by atoms with E-state index in [2.05, 4.69) is 5.32 Å². The van der Waals surface area contributed by atoms with Gasteiger partial charge in [0.1, 0.15) is 0 Å². The first-order chi connectivity index (χ1) is 11.3. The van der Waals surface area contributed by atoms with E-state index in [1.807, 2.05) is 6.07 Å². The molecule has 0 bridgehead atoms. The number of carbonyl (C=O) groups is 1. The molecule has 0 atom stereocenters. The van der Waals surface area contributed by atoms with Crippen molar-refractivity contribution in [3.63, 3.8) is 0 Å². The van der Waals surface area contributed by atoms with Gasteiger partial charge in [-0.2, -0.15) is 0 Å². The van der Waals surface area contributed by atoms with Crippen molar-refractivity contribution in [1.29, 1.82) is 0 Å². The van der Waals surface area contributed by atoms with Gasteiger partial charge in [0.05, 0.1) is 4.90 Å². The van der Waals surface area contributed by atoms with Gasteiger partial charge in [0.15, 0.2) is 0 Å². The van der Waals surface area contributed by atoms with Crippen molar-refractivity contribution in [3.05, 3.63) is 65.2 Å². The Labute approximate surface area is 146 Å². The molecule has 0 spiro atoms. The Bertz CT molecular complexity index is 877. The van der Waals surface area contributed by atoms with Crippen LogP contribution in [0.3, 0.4) is 0 Å². The topological polar surface area (TPSA) is 66.5 Å². The quantitative estimate of drug-likeness (QED) is 0.828. The first-order valence-electron chi connectivity index (χ1n) is 7.06. The van der Waals surface area contributed by atoms with Crippen molar-refractivity contribution in [3.8, 4) is 0 Å². The molecule has 0 fully saturated rings. The minimum atomic E-state index is -3.55. The summed E-state index contributed by atoms with van der Waals surface area (Å²) in [5.41, 5.74) is 1.19. The van der Waals surface area contributed by atoms with Gasteiger partial charge in [-0.3, -0.25) is 4.79 Å². The standard InChI is InChI=1S/C17H17ClN2O3S/c1-20(2)24(22,23)16-8-4-7-15(12-16)19-17(21)10-9-13-5-3-6-14(18)11-13/h3-12H,1-2H3,(H,19,21)/b10-9+. The van der Waals surface area contributed by atoms with Gasteiger partial charge in [-0.25, -0.2) is 12.7 Å². The molecule has 0 saturated carbocycles. The molecule has 7 heteroatoms. The zero-order chi connectivity index (χ0) is 17.7. The number of nitrogens with one attached hydrogen (secondary N) is 1. The van der Waals surface area contributed by atoms with E-state index >= 15 is 0 Å². The third-order valence-corrected chi connectivity index (χ3v) is 5.20. The molecule has 0 aliphatic carbocycles. The van der Waals surface area contributed by atoms with Crippen molar-refractivity contribution >= 4 is 39.3 Å². The maximum atomic E-state index is 12.1. The molecule has 0 unspecified atom stereocenters. The second kappa shape index (κ2) is 7.61. The maximum absolute atomic E-state index is 12.1. The largest absolute Gasteiger partial charge is 0.322 e. The van der Waals surface area contributed by atoms with Crippen LogP contribution in [0, 0.1) is 0 Å². The molecular weight excluding hydrogens is 348 g/mol. The van der Waals surface area contributed by atoms with Crippen LogP contribution in [0.15, 0.2) is 59.5 Å². The number of halogens is 1. The number of hydrogen-bond acceptors (Lipinski definition) is 3. The van der Waals surface area contributed by atoms with Crippen molar-refractivity contribution < 1.29 is 13.2 Å². The first-order valence-corrected chi connectivity index (χ1v) is 8.88. The van der Waals surface area contributed by atoms with Crippen LogP contribution in [0.25, 0.3) is 6.08 Å². The van der Waals surface area contributed by atoms with Gasteiger partial charge in [-0.05, 0) is 42.0 Å². The summed E-state index contributed by atoms with van der Waals surface area (Å²) in [6, 6.07) is 13.2. The first kappa shape index (κ1) is 18.2. The lowest BCUT2D eigenvalue weighted by atomic mass is 10.2. The number of sulfonamides is 1. The number of benzene rings is 2. The second-order valence-corrected chi connectivity index (χ2v) is 7.78. The molecule has 1 N–H and O–H groups in total. The highest BCUT2D eigenvalue weighted by molar-refractivity contribution is 7.89. The summed E-state index contributed by atoms with van der Waals surface area (Å²) >= 11 is 5.88. The minimum absolute atomic E-state index is 0.115. The molecule has 2 aromatic rings. The fourth-order valence-corrected chi connectivity index (χ4v) is 3.06.